The van der Waals surface area contributed by atoms with Crippen LogP contribution in [0.2, 0.25) is 0 Å². The Morgan fingerprint density at radius 3 is 2.63 bits per heavy atom. The Morgan fingerprint density at radius 1 is 1.27 bits per heavy atom. The monoisotopic (exact) mass is 544 g/mol. The van der Waals surface area contributed by atoms with Crippen LogP contribution in [-0.4, -0.2) is 51.4 Å². The van der Waals surface area contributed by atoms with Crippen LogP contribution in [0, 0.1) is 6.92 Å². The zero-order valence-corrected chi connectivity index (χ0v) is 21.4. The minimum Gasteiger partial charge on any atom is -0.497 e. The van der Waals surface area contributed by atoms with Crippen LogP contribution in [0.15, 0.2) is 29.3 Å². The van der Waals surface area contributed by atoms with Crippen molar-refractivity contribution in [3.05, 3.63) is 41.5 Å². The number of aliphatic imine (C=N–C) groups is 1. The maximum Gasteiger partial charge on any atom is 0.191 e. The molecule has 1 aliphatic heterocycles. The Kier molecular flexibility index (Phi) is 9.73. The van der Waals surface area contributed by atoms with Crippen molar-refractivity contribution < 1.29 is 4.74 Å². The first-order valence-electron chi connectivity index (χ1n) is 10.1. The van der Waals surface area contributed by atoms with Crippen LogP contribution in [-0.2, 0) is 20.0 Å². The van der Waals surface area contributed by atoms with E-state index in [1.54, 1.807) is 7.11 Å². The van der Waals surface area contributed by atoms with E-state index in [9.17, 15) is 0 Å². The Bertz CT molecular complexity index is 817. The minimum absolute atomic E-state index is 0. The van der Waals surface area contributed by atoms with Crippen molar-refractivity contribution in [2.75, 3.05) is 26.0 Å². The maximum absolute atomic E-state index is 5.23. The van der Waals surface area contributed by atoms with Crippen molar-refractivity contribution >= 4 is 41.7 Å². The van der Waals surface area contributed by atoms with E-state index in [2.05, 4.69) is 39.9 Å². The van der Waals surface area contributed by atoms with Gasteiger partial charge in [-0.25, -0.2) is 4.99 Å². The molecule has 1 atom stereocenters. The number of thioether (sulfide) groups is 1. The molecule has 1 aliphatic rings. The fourth-order valence-electron chi connectivity index (χ4n) is 3.28. The summed E-state index contributed by atoms with van der Waals surface area (Å²) in [5.41, 5.74) is 1.26. The molecule has 2 aromatic rings. The molecule has 0 bridgehead atoms. The predicted molar refractivity (Wildman–Crippen MR) is 135 cm³/mol. The van der Waals surface area contributed by atoms with Gasteiger partial charge in [0.15, 0.2) is 11.8 Å². The molecule has 3 rings (SSSR count). The lowest BCUT2D eigenvalue weighted by Gasteiger charge is -2.24. The normalized spacial score (nSPS) is 18.7. The molecular formula is C21H33IN6OS. The van der Waals surface area contributed by atoms with E-state index in [1.807, 2.05) is 42.4 Å². The van der Waals surface area contributed by atoms with Gasteiger partial charge in [-0.2, -0.15) is 11.8 Å². The number of guanidine groups is 1. The number of aryl methyl sites for hydroxylation is 1. The van der Waals surface area contributed by atoms with Crippen LogP contribution in [0.5, 0.6) is 5.75 Å². The summed E-state index contributed by atoms with van der Waals surface area (Å²) in [6.45, 7) is 6.49. The van der Waals surface area contributed by atoms with Crippen molar-refractivity contribution in [1.82, 2.24) is 25.4 Å². The largest absolute Gasteiger partial charge is 0.497 e. The summed E-state index contributed by atoms with van der Waals surface area (Å²) < 4.78 is 7.48. The molecule has 0 amide bonds. The topological polar surface area (TPSA) is 76.4 Å². The average molecular weight is 545 g/mol. The molecule has 7 nitrogen and oxygen atoms in total. The molecule has 1 saturated heterocycles. The second-order valence-corrected chi connectivity index (χ2v) is 9.35. The first kappa shape index (κ1) is 24.8. The summed E-state index contributed by atoms with van der Waals surface area (Å²) >= 11 is 2.05. The number of aromatic nitrogens is 3. The molecule has 1 aromatic heterocycles. The summed E-state index contributed by atoms with van der Waals surface area (Å²) in [5, 5.41) is 15.4. The summed E-state index contributed by atoms with van der Waals surface area (Å²) in [7, 11) is 3.66. The third-order valence-electron chi connectivity index (χ3n) is 5.36. The molecule has 0 radical (unpaired) electrons. The van der Waals surface area contributed by atoms with E-state index in [0.29, 0.717) is 6.54 Å². The van der Waals surface area contributed by atoms with Gasteiger partial charge < -0.3 is 19.9 Å². The van der Waals surface area contributed by atoms with Crippen molar-refractivity contribution in [2.24, 2.45) is 12.0 Å². The van der Waals surface area contributed by atoms with Crippen LogP contribution in [0.4, 0.5) is 0 Å². The Labute approximate surface area is 200 Å². The molecule has 0 spiro atoms. The first-order valence-corrected chi connectivity index (χ1v) is 11.1. The first-order chi connectivity index (χ1) is 14.0. The predicted octanol–water partition coefficient (Wildman–Crippen LogP) is 3.31. The highest BCUT2D eigenvalue weighted by Crippen LogP contribution is 2.36. The van der Waals surface area contributed by atoms with E-state index in [-0.39, 0.29) is 28.7 Å². The number of methoxy groups -OCH3 is 1. The van der Waals surface area contributed by atoms with Gasteiger partial charge in [0.1, 0.15) is 18.1 Å². The lowest BCUT2D eigenvalue weighted by atomic mass is 10.1. The lowest BCUT2D eigenvalue weighted by Crippen LogP contribution is -2.44. The fourth-order valence-corrected chi connectivity index (χ4v) is 4.52. The van der Waals surface area contributed by atoms with Crippen LogP contribution in [0.25, 0.3) is 0 Å². The summed E-state index contributed by atoms with van der Waals surface area (Å²) in [6.07, 6.45) is 3.45. The molecular weight excluding hydrogens is 511 g/mol. The van der Waals surface area contributed by atoms with E-state index in [4.69, 9.17) is 9.73 Å². The molecule has 30 heavy (non-hydrogen) atoms. The van der Waals surface area contributed by atoms with Gasteiger partial charge in [0.25, 0.3) is 0 Å². The van der Waals surface area contributed by atoms with E-state index >= 15 is 0 Å². The van der Waals surface area contributed by atoms with Gasteiger partial charge in [-0.05, 0) is 56.6 Å². The molecule has 2 N–H and O–H groups in total. The number of nitrogens with zero attached hydrogens (tertiary/aromatic N) is 4. The quantitative estimate of drug-likeness (QED) is 0.302. The van der Waals surface area contributed by atoms with Crippen LogP contribution >= 0.6 is 35.7 Å². The van der Waals surface area contributed by atoms with Gasteiger partial charge in [0, 0.05) is 24.9 Å². The molecule has 0 aliphatic carbocycles. The van der Waals surface area contributed by atoms with E-state index in [1.165, 1.54) is 24.2 Å². The molecule has 0 saturated carbocycles. The third kappa shape index (κ3) is 7.04. The molecule has 9 heteroatoms. The van der Waals surface area contributed by atoms with Crippen LogP contribution in [0.3, 0.4) is 0 Å². The Hall–Kier alpha value is -1.49. The van der Waals surface area contributed by atoms with Gasteiger partial charge in [-0.1, -0.05) is 12.1 Å². The smallest absolute Gasteiger partial charge is 0.191 e. The second-order valence-electron chi connectivity index (χ2n) is 7.67. The minimum atomic E-state index is 0. The van der Waals surface area contributed by atoms with Gasteiger partial charge in [0.05, 0.1) is 7.11 Å². The third-order valence-corrected chi connectivity index (χ3v) is 6.89. The maximum atomic E-state index is 5.23. The van der Waals surface area contributed by atoms with Crippen molar-refractivity contribution in [3.8, 4) is 5.75 Å². The number of ether oxygens (including phenoxy) is 1. The van der Waals surface area contributed by atoms with E-state index < -0.39 is 0 Å². The lowest BCUT2D eigenvalue weighted by molar-refractivity contribution is 0.414. The van der Waals surface area contributed by atoms with Crippen LogP contribution in [0.1, 0.15) is 37.0 Å². The molecule has 1 unspecified atom stereocenters. The van der Waals surface area contributed by atoms with Gasteiger partial charge in [0.2, 0.25) is 0 Å². The number of benzene rings is 1. The van der Waals surface area contributed by atoms with Gasteiger partial charge in [-0.15, -0.1) is 34.2 Å². The zero-order chi connectivity index (χ0) is 20.7. The molecule has 166 valence electrons. The Morgan fingerprint density at radius 2 is 2.03 bits per heavy atom. The van der Waals surface area contributed by atoms with Crippen LogP contribution < -0.4 is 15.4 Å². The molecule has 2 heterocycles. The summed E-state index contributed by atoms with van der Waals surface area (Å²) in [4.78, 5) is 4.76. The molecule has 1 fully saturated rings. The zero-order valence-electron chi connectivity index (χ0n) is 18.3. The summed E-state index contributed by atoms with van der Waals surface area (Å²) in [6, 6.07) is 8.20. The second kappa shape index (κ2) is 11.8. The molecule has 1 aromatic carbocycles. The highest BCUT2D eigenvalue weighted by atomic mass is 127. The van der Waals surface area contributed by atoms with Crippen molar-refractivity contribution in [2.45, 2.75) is 44.4 Å². The average Bonchev–Trinajstić information content (AvgIpc) is 3.30. The number of rotatable bonds is 8. The van der Waals surface area contributed by atoms with Gasteiger partial charge in [-0.3, -0.25) is 0 Å². The highest BCUT2D eigenvalue weighted by molar-refractivity contribution is 14.0. The highest BCUT2D eigenvalue weighted by Gasteiger charge is 2.29. The van der Waals surface area contributed by atoms with E-state index in [0.717, 1.165) is 42.9 Å². The number of hydrogen-bond acceptors (Lipinski definition) is 5. The number of halogens is 1. The van der Waals surface area contributed by atoms with Crippen molar-refractivity contribution in [1.29, 1.82) is 0 Å². The number of nitrogens with one attached hydrogen (secondary N) is 2. The van der Waals surface area contributed by atoms with Crippen molar-refractivity contribution in [3.63, 3.8) is 0 Å². The number of hydrogen-bond donors (Lipinski definition) is 2. The van der Waals surface area contributed by atoms with Gasteiger partial charge >= 0.3 is 0 Å². The fraction of sp³-hybridized carbons (Fsp3) is 0.571. The summed E-state index contributed by atoms with van der Waals surface area (Å²) in [5.74, 6) is 4.71. The SMILES string of the molecule is COc1ccc(CCNC(=NCc2nnc(C)n2C)NCC2(C)CCCS2)cc1.I. The Balaban J connectivity index is 0.00000320. The standard InChI is InChI=1S/C21H32N6OS.HI/c1-16-25-26-19(27(16)3)14-23-20(24-15-21(2)11-5-13-29-21)22-12-10-17-6-8-18(28-4)9-7-17;/h6-9H,5,10-15H2,1-4H3,(H2,22,23,24);1H.